The van der Waals surface area contributed by atoms with E-state index in [1.807, 2.05) is 81.4 Å². The summed E-state index contributed by atoms with van der Waals surface area (Å²) in [5.41, 5.74) is 2.19. The summed E-state index contributed by atoms with van der Waals surface area (Å²) in [6.45, 7) is 5.43. The van der Waals surface area contributed by atoms with Gasteiger partial charge in [-0.1, -0.05) is 78.9 Å². The van der Waals surface area contributed by atoms with Gasteiger partial charge in [-0.05, 0) is 32.4 Å². The zero-order chi connectivity index (χ0) is 21.6. The van der Waals surface area contributed by atoms with Crippen molar-refractivity contribution in [2.45, 2.75) is 38.8 Å². The Bertz CT molecular complexity index is 966. The maximum absolute atomic E-state index is 14.3. The monoisotopic (exact) mass is 403 g/mol. The molecule has 0 unspecified atom stereocenters. The van der Waals surface area contributed by atoms with Gasteiger partial charge in [0, 0.05) is 17.5 Å². The molecule has 0 aliphatic heterocycles. The number of halogens is 1. The first-order valence-corrected chi connectivity index (χ1v) is 9.98. The Kier molecular flexibility index (Phi) is 6.78. The molecule has 0 aliphatic rings. The zero-order valence-corrected chi connectivity index (χ0v) is 17.5. The first-order chi connectivity index (χ1) is 14.3. The van der Waals surface area contributed by atoms with Crippen LogP contribution in [0.4, 0.5) is 4.39 Å². The minimum Gasteiger partial charge on any atom is -0.458 e. The van der Waals surface area contributed by atoms with E-state index in [9.17, 15) is 9.18 Å². The third-order valence-corrected chi connectivity index (χ3v) is 4.43. The molecule has 3 nitrogen and oxygen atoms in total. The molecule has 0 bridgehead atoms. The number of ether oxygens (including phenoxy) is 1. The number of carbonyl (C=O) groups excluding carboxylic acids is 1. The van der Waals surface area contributed by atoms with Crippen LogP contribution < -0.4 is 0 Å². The van der Waals surface area contributed by atoms with Crippen LogP contribution in [0.3, 0.4) is 0 Å². The fourth-order valence-corrected chi connectivity index (χ4v) is 3.09. The smallest absolute Gasteiger partial charge is 0.331 e. The fourth-order valence-electron chi connectivity index (χ4n) is 3.09. The summed E-state index contributed by atoms with van der Waals surface area (Å²) in [5, 5.41) is 0. The molecule has 0 N–H and O–H groups in total. The van der Waals surface area contributed by atoms with Gasteiger partial charge in [0.15, 0.2) is 6.04 Å². The van der Waals surface area contributed by atoms with Crippen molar-refractivity contribution in [3.05, 3.63) is 107 Å². The Morgan fingerprint density at radius 3 is 1.87 bits per heavy atom. The molecule has 3 aromatic rings. The molecule has 0 spiro atoms. The van der Waals surface area contributed by atoms with Gasteiger partial charge in [0.2, 0.25) is 0 Å². The lowest BCUT2D eigenvalue weighted by atomic mass is 10.0. The van der Waals surface area contributed by atoms with Gasteiger partial charge in [0.25, 0.3) is 0 Å². The van der Waals surface area contributed by atoms with E-state index in [1.165, 1.54) is 6.07 Å². The van der Waals surface area contributed by atoms with E-state index in [-0.39, 0.29) is 12.2 Å². The first-order valence-electron chi connectivity index (χ1n) is 9.98. The third kappa shape index (κ3) is 5.86. The van der Waals surface area contributed by atoms with Crippen molar-refractivity contribution in [2.24, 2.45) is 4.99 Å². The van der Waals surface area contributed by atoms with Crippen LogP contribution in [-0.4, -0.2) is 23.3 Å². The second-order valence-corrected chi connectivity index (χ2v) is 8.05. The Hall–Kier alpha value is -3.27. The van der Waals surface area contributed by atoms with Gasteiger partial charge < -0.3 is 4.74 Å². The van der Waals surface area contributed by atoms with E-state index in [2.05, 4.69) is 0 Å². The predicted octanol–water partition coefficient (Wildman–Crippen LogP) is 5.62. The molecule has 0 radical (unpaired) electrons. The number of esters is 1. The van der Waals surface area contributed by atoms with Gasteiger partial charge in [0.05, 0.1) is 5.71 Å². The van der Waals surface area contributed by atoms with Crippen LogP contribution in [-0.2, 0) is 16.0 Å². The van der Waals surface area contributed by atoms with Crippen LogP contribution in [0.15, 0.2) is 89.9 Å². The molecule has 3 rings (SSSR count). The summed E-state index contributed by atoms with van der Waals surface area (Å²) in [7, 11) is 0. The molecular weight excluding hydrogens is 377 g/mol. The molecule has 1 atom stereocenters. The van der Waals surface area contributed by atoms with Gasteiger partial charge in [-0.3, -0.25) is 4.99 Å². The summed E-state index contributed by atoms with van der Waals surface area (Å²) < 4.78 is 20.0. The van der Waals surface area contributed by atoms with Crippen molar-refractivity contribution >= 4 is 11.7 Å². The lowest BCUT2D eigenvalue weighted by molar-refractivity contribution is -0.156. The molecule has 154 valence electrons. The van der Waals surface area contributed by atoms with Crippen molar-refractivity contribution in [2.75, 3.05) is 0 Å². The maximum atomic E-state index is 14.3. The maximum Gasteiger partial charge on any atom is 0.331 e. The molecule has 4 heteroatoms. The van der Waals surface area contributed by atoms with E-state index in [1.54, 1.807) is 18.2 Å². The SMILES string of the molecule is CC(C)(C)OC(=O)[C@@H](Cc1ccccc1F)N=C(c1ccccc1)c1ccccc1. The number of hydrogen-bond donors (Lipinski definition) is 0. The van der Waals surface area contributed by atoms with E-state index < -0.39 is 17.6 Å². The molecule has 3 aromatic carbocycles. The van der Waals surface area contributed by atoms with Gasteiger partial charge in [-0.2, -0.15) is 0 Å². The highest BCUT2D eigenvalue weighted by Crippen LogP contribution is 2.19. The minimum atomic E-state index is -0.878. The number of carbonyl (C=O) groups is 1. The highest BCUT2D eigenvalue weighted by Gasteiger charge is 2.27. The fraction of sp³-hybridized carbons (Fsp3) is 0.231. The summed E-state index contributed by atoms with van der Waals surface area (Å²) in [4.78, 5) is 17.8. The van der Waals surface area contributed by atoms with Crippen LogP contribution >= 0.6 is 0 Å². The summed E-state index contributed by atoms with van der Waals surface area (Å²) >= 11 is 0. The summed E-state index contributed by atoms with van der Waals surface area (Å²) in [6.07, 6.45) is 0.116. The van der Waals surface area contributed by atoms with Crippen LogP contribution in [0.2, 0.25) is 0 Å². The molecular formula is C26H26FNO2. The van der Waals surface area contributed by atoms with Crippen molar-refractivity contribution in [3.8, 4) is 0 Å². The van der Waals surface area contributed by atoms with Gasteiger partial charge in [-0.25, -0.2) is 9.18 Å². The normalized spacial score (nSPS) is 12.1. The van der Waals surface area contributed by atoms with E-state index >= 15 is 0 Å². The van der Waals surface area contributed by atoms with E-state index in [0.29, 0.717) is 11.3 Å². The van der Waals surface area contributed by atoms with E-state index in [4.69, 9.17) is 9.73 Å². The number of hydrogen-bond acceptors (Lipinski definition) is 3. The first kappa shape index (κ1) is 21.4. The molecule has 0 heterocycles. The predicted molar refractivity (Wildman–Crippen MR) is 118 cm³/mol. The average Bonchev–Trinajstić information content (AvgIpc) is 2.72. The molecule has 30 heavy (non-hydrogen) atoms. The topological polar surface area (TPSA) is 38.7 Å². The third-order valence-electron chi connectivity index (χ3n) is 4.43. The van der Waals surface area contributed by atoms with Crippen LogP contribution in [0.5, 0.6) is 0 Å². The lowest BCUT2D eigenvalue weighted by Crippen LogP contribution is -2.33. The number of benzene rings is 3. The van der Waals surface area contributed by atoms with Gasteiger partial charge in [0.1, 0.15) is 11.4 Å². The summed E-state index contributed by atoms with van der Waals surface area (Å²) in [6, 6.07) is 24.9. The standard InChI is InChI=1S/C26H26FNO2/c1-26(2,3)30-25(29)23(18-21-16-10-11-17-22(21)27)28-24(19-12-6-4-7-13-19)20-14-8-5-9-15-20/h4-17,23H,18H2,1-3H3/t23-/m1/s1. The Labute approximate surface area is 177 Å². The van der Waals surface area contributed by atoms with Crippen LogP contribution in [0.1, 0.15) is 37.5 Å². The second kappa shape index (κ2) is 9.49. The summed E-state index contributed by atoms with van der Waals surface area (Å²) in [5.74, 6) is -0.836. The highest BCUT2D eigenvalue weighted by molar-refractivity contribution is 6.13. The largest absolute Gasteiger partial charge is 0.458 e. The number of nitrogens with zero attached hydrogens (tertiary/aromatic N) is 1. The van der Waals surface area contributed by atoms with Crippen molar-refractivity contribution in [3.63, 3.8) is 0 Å². The second-order valence-electron chi connectivity index (χ2n) is 8.05. The average molecular weight is 403 g/mol. The zero-order valence-electron chi connectivity index (χ0n) is 17.5. The number of aliphatic imine (C=N–C) groups is 1. The van der Waals surface area contributed by atoms with Crippen molar-refractivity contribution in [1.82, 2.24) is 0 Å². The lowest BCUT2D eigenvalue weighted by Gasteiger charge is -2.23. The quantitative estimate of drug-likeness (QED) is 0.396. The molecule has 0 aromatic heterocycles. The molecule has 0 amide bonds. The van der Waals surface area contributed by atoms with Gasteiger partial charge in [-0.15, -0.1) is 0 Å². The molecule has 0 fully saturated rings. The number of rotatable bonds is 6. The van der Waals surface area contributed by atoms with Crippen LogP contribution in [0.25, 0.3) is 0 Å². The Morgan fingerprint density at radius 2 is 1.37 bits per heavy atom. The molecule has 0 saturated heterocycles. The Morgan fingerprint density at radius 1 is 0.867 bits per heavy atom. The van der Waals surface area contributed by atoms with E-state index in [0.717, 1.165) is 11.1 Å². The molecule has 0 saturated carbocycles. The minimum absolute atomic E-state index is 0.116. The highest BCUT2D eigenvalue weighted by atomic mass is 19.1. The van der Waals surface area contributed by atoms with Crippen molar-refractivity contribution in [1.29, 1.82) is 0 Å². The van der Waals surface area contributed by atoms with Crippen LogP contribution in [0, 0.1) is 5.82 Å². The molecule has 0 aliphatic carbocycles. The Balaban J connectivity index is 2.08. The van der Waals surface area contributed by atoms with Crippen molar-refractivity contribution < 1.29 is 13.9 Å². The van der Waals surface area contributed by atoms with Gasteiger partial charge >= 0.3 is 5.97 Å².